The van der Waals surface area contributed by atoms with E-state index in [9.17, 15) is 14.7 Å². The Bertz CT molecular complexity index is 2270. The van der Waals surface area contributed by atoms with Crippen LogP contribution in [0.25, 0.3) is 10.9 Å². The number of carbonyl (C=O) groups is 3. The van der Waals surface area contributed by atoms with Crippen LogP contribution < -0.4 is 20.7 Å². The Balaban J connectivity index is 1.48. The molecule has 2 fully saturated rings. The molecule has 5 N–H and O–H groups in total. The van der Waals surface area contributed by atoms with Gasteiger partial charge in [0.25, 0.3) is 0 Å². The Morgan fingerprint density at radius 3 is 2.49 bits per heavy atom. The number of esters is 3. The summed E-state index contributed by atoms with van der Waals surface area (Å²) < 4.78 is 24.0. The molecule has 5 aliphatic rings. The van der Waals surface area contributed by atoms with Crippen LogP contribution in [-0.4, -0.2) is 105 Å². The summed E-state index contributed by atoms with van der Waals surface area (Å²) in [4.78, 5) is 50.7. The second kappa shape index (κ2) is 14.6. The van der Waals surface area contributed by atoms with E-state index >= 15 is 4.79 Å². The molecule has 1 spiro atoms. The first-order valence-electron chi connectivity index (χ1n) is 21.0. The van der Waals surface area contributed by atoms with E-state index in [-0.39, 0.29) is 12.0 Å². The first-order chi connectivity index (χ1) is 28.3. The van der Waals surface area contributed by atoms with Crippen molar-refractivity contribution in [1.82, 2.24) is 15.2 Å². The summed E-state index contributed by atoms with van der Waals surface area (Å²) in [7, 11) is 6.16. The molecular weight excluding hydrogens is 751 g/mol. The third-order valence-electron chi connectivity index (χ3n) is 14.8. The summed E-state index contributed by atoms with van der Waals surface area (Å²) in [5.74, 6) is -1.50. The second-order valence-electron chi connectivity index (χ2n) is 17.3. The first-order valence-corrected chi connectivity index (χ1v) is 21.0. The Hall–Kier alpha value is -5.01. The molecule has 2 aromatic carbocycles. The van der Waals surface area contributed by atoms with Gasteiger partial charge in [0.15, 0.2) is 6.10 Å². The van der Waals surface area contributed by atoms with Crippen molar-refractivity contribution in [2.45, 2.75) is 101 Å². The molecule has 0 radical (unpaired) electrons. The van der Waals surface area contributed by atoms with E-state index in [1.54, 1.807) is 7.11 Å². The van der Waals surface area contributed by atoms with Crippen LogP contribution in [0, 0.1) is 11.3 Å². The maximum absolute atomic E-state index is 15.3. The number of aromatic amines is 1. The van der Waals surface area contributed by atoms with E-state index in [0.29, 0.717) is 67.9 Å². The number of hydrogen-bond acceptors (Lipinski definition) is 12. The average molecular weight is 810 g/mol. The number of likely N-dealkylation sites (N-methyl/N-ethyl adjacent to an activating group) is 1. The van der Waals surface area contributed by atoms with Crippen molar-refractivity contribution in [2.75, 3.05) is 58.6 Å². The SMILES string of the molecule is CCC1=C[C@H](C[C@](C(=O)OC)(c2cc3c(cc2OC)N(C)[C@H]2[C@@](O)(C(=O)OC)[C@H](OC(C)=O)[C@]4(CC)CC=CN5CC[C@]32[C@@H]54)c2[nH]c3ccc(N)cc3c2CC)CNC1. The summed E-state index contributed by atoms with van der Waals surface area (Å²) in [6, 6.07) is 8.59. The monoisotopic (exact) mass is 809 g/mol. The number of aromatic nitrogens is 1. The Morgan fingerprint density at radius 1 is 1.05 bits per heavy atom. The van der Waals surface area contributed by atoms with Crippen LogP contribution in [0.4, 0.5) is 11.4 Å². The molecule has 8 atom stereocenters. The number of nitrogens with two attached hydrogens (primary N) is 1. The van der Waals surface area contributed by atoms with E-state index < -0.39 is 51.9 Å². The number of nitrogens with one attached hydrogen (secondary N) is 2. The van der Waals surface area contributed by atoms with E-state index in [1.807, 2.05) is 43.1 Å². The van der Waals surface area contributed by atoms with Gasteiger partial charge in [0, 0.05) is 90.1 Å². The number of aliphatic hydroxyl groups is 1. The molecule has 0 unspecified atom stereocenters. The van der Waals surface area contributed by atoms with Crippen LogP contribution >= 0.6 is 0 Å². The lowest BCUT2D eigenvalue weighted by atomic mass is 9.47. The minimum atomic E-state index is -2.28. The maximum atomic E-state index is 15.3. The van der Waals surface area contributed by atoms with Gasteiger partial charge in [-0.2, -0.15) is 0 Å². The zero-order valence-electron chi connectivity index (χ0n) is 35.6. The molecule has 0 amide bonds. The van der Waals surface area contributed by atoms with Gasteiger partial charge in [-0.15, -0.1) is 0 Å². The molecule has 1 saturated carbocycles. The average Bonchev–Trinajstić information content (AvgIpc) is 3.90. The van der Waals surface area contributed by atoms with Crippen molar-refractivity contribution < 1.29 is 38.4 Å². The Morgan fingerprint density at radius 2 is 1.83 bits per heavy atom. The highest BCUT2D eigenvalue weighted by Crippen LogP contribution is 2.69. The van der Waals surface area contributed by atoms with Gasteiger partial charge in [-0.05, 0) is 86.0 Å². The summed E-state index contributed by atoms with van der Waals surface area (Å²) in [5.41, 5.74) is 7.53. The Kier molecular flexibility index (Phi) is 10.1. The fraction of sp³-hybridized carbons (Fsp3) is 0.543. The number of rotatable bonds is 11. The number of methoxy groups -OCH3 is 3. The standard InChI is InChI=1S/C46H59N5O8/c1-9-27-19-28(25-48-24-27)23-45(41(53)57-7,37-30(10-2)31-20-29(47)13-14-34(31)49-37)33-21-32-35(22-36(33)56-6)50(5)39-44(32)16-18-51-17-12-15-43(11-3,38(44)51)40(59-26(4)52)46(39,55)42(54)58-8/h12-14,17,19-22,28,38-40,48-49,55H,9-11,15-16,18,23-25,47H2,1-8H3/t28-,38+,39-,40-,43-,44-,45+,46+/m1/s1. The first kappa shape index (κ1) is 40.8. The van der Waals surface area contributed by atoms with Gasteiger partial charge in [0.2, 0.25) is 5.60 Å². The highest BCUT2D eigenvalue weighted by Gasteiger charge is 2.80. The molecule has 1 saturated heterocycles. The third-order valence-corrected chi connectivity index (χ3v) is 14.8. The van der Waals surface area contributed by atoms with Crippen LogP contribution in [0.3, 0.4) is 0 Å². The number of aryl methyl sites for hydroxylation is 1. The van der Waals surface area contributed by atoms with Gasteiger partial charge < -0.3 is 49.9 Å². The van der Waals surface area contributed by atoms with Crippen molar-refractivity contribution in [3.63, 3.8) is 0 Å². The molecule has 13 heteroatoms. The number of allylic oxidation sites excluding steroid dienone is 1. The van der Waals surface area contributed by atoms with E-state index in [2.05, 4.69) is 53.5 Å². The van der Waals surface area contributed by atoms with Gasteiger partial charge in [-0.25, -0.2) is 4.79 Å². The van der Waals surface area contributed by atoms with E-state index in [4.69, 9.17) is 24.7 Å². The molecule has 3 aromatic rings. The molecule has 8 rings (SSSR count). The minimum absolute atomic E-state index is 0.0627. The zero-order chi connectivity index (χ0) is 42.2. The summed E-state index contributed by atoms with van der Waals surface area (Å²) in [5, 5.41) is 17.9. The quantitative estimate of drug-likeness (QED) is 0.0886. The fourth-order valence-corrected chi connectivity index (χ4v) is 12.6. The molecule has 4 aliphatic heterocycles. The number of hydrogen-bond donors (Lipinski definition) is 4. The van der Waals surface area contributed by atoms with Gasteiger partial charge in [0.05, 0.1) is 27.4 Å². The molecule has 316 valence electrons. The van der Waals surface area contributed by atoms with Crippen molar-refractivity contribution in [3.05, 3.63) is 76.6 Å². The molecule has 13 nitrogen and oxygen atoms in total. The van der Waals surface area contributed by atoms with Crippen LogP contribution in [0.1, 0.15) is 82.2 Å². The van der Waals surface area contributed by atoms with Gasteiger partial charge in [-0.1, -0.05) is 38.5 Å². The number of nitrogen functional groups attached to an aromatic ring is 1. The number of nitrogens with zero attached hydrogens (tertiary/aromatic N) is 2. The zero-order valence-corrected chi connectivity index (χ0v) is 35.6. The largest absolute Gasteiger partial charge is 0.496 e. The Labute approximate surface area is 346 Å². The van der Waals surface area contributed by atoms with Crippen molar-refractivity contribution in [3.8, 4) is 5.75 Å². The number of ether oxygens (including phenoxy) is 4. The predicted octanol–water partition coefficient (Wildman–Crippen LogP) is 5.02. The van der Waals surface area contributed by atoms with Crippen molar-refractivity contribution in [1.29, 1.82) is 0 Å². The summed E-state index contributed by atoms with van der Waals surface area (Å²) in [6.07, 6.45) is 8.59. The highest BCUT2D eigenvalue weighted by molar-refractivity contribution is 5.95. The molecule has 1 aromatic heterocycles. The molecule has 0 bridgehead atoms. The second-order valence-corrected chi connectivity index (χ2v) is 17.3. The van der Waals surface area contributed by atoms with Gasteiger partial charge in [0.1, 0.15) is 11.2 Å². The topological polar surface area (TPSA) is 169 Å². The molecule has 1 aliphatic carbocycles. The molecule has 5 heterocycles. The summed E-state index contributed by atoms with van der Waals surface area (Å²) >= 11 is 0. The summed E-state index contributed by atoms with van der Waals surface area (Å²) in [6.45, 7) is 9.64. The third kappa shape index (κ3) is 5.45. The number of fused-ring (bicyclic) bond motifs is 2. The van der Waals surface area contributed by atoms with Crippen LogP contribution in [0.2, 0.25) is 0 Å². The number of benzene rings is 2. The van der Waals surface area contributed by atoms with Gasteiger partial charge >= 0.3 is 17.9 Å². The maximum Gasteiger partial charge on any atom is 0.344 e. The lowest BCUT2D eigenvalue weighted by Crippen LogP contribution is -2.81. The predicted molar refractivity (Wildman–Crippen MR) is 225 cm³/mol. The van der Waals surface area contributed by atoms with Crippen LogP contribution in [-0.2, 0) is 45.8 Å². The highest BCUT2D eigenvalue weighted by atomic mass is 16.6. The van der Waals surface area contributed by atoms with Crippen LogP contribution in [0.5, 0.6) is 5.75 Å². The lowest BCUT2D eigenvalue weighted by Gasteiger charge is -2.64. The molecular formula is C46H59N5O8. The van der Waals surface area contributed by atoms with Crippen molar-refractivity contribution >= 4 is 40.2 Å². The lowest BCUT2D eigenvalue weighted by molar-refractivity contribution is -0.235. The van der Waals surface area contributed by atoms with E-state index in [1.165, 1.54) is 26.7 Å². The van der Waals surface area contributed by atoms with Gasteiger partial charge in [-0.3, -0.25) is 9.59 Å². The fourth-order valence-electron chi connectivity index (χ4n) is 12.6. The number of H-pyrrole nitrogens is 1. The normalized spacial score (nSPS) is 30.2. The van der Waals surface area contributed by atoms with E-state index in [0.717, 1.165) is 40.7 Å². The number of anilines is 2. The number of carbonyl (C=O) groups excluding carboxylic acids is 3. The molecule has 59 heavy (non-hydrogen) atoms. The van der Waals surface area contributed by atoms with Crippen molar-refractivity contribution in [2.24, 2.45) is 11.3 Å². The minimum Gasteiger partial charge on any atom is -0.496 e. The van der Waals surface area contributed by atoms with Crippen LogP contribution in [0.15, 0.2) is 54.3 Å². The smallest absolute Gasteiger partial charge is 0.344 e.